The molecule has 1 amide bonds. The molecule has 3 aromatic rings. The first-order valence-corrected chi connectivity index (χ1v) is 11.9. The summed E-state index contributed by atoms with van der Waals surface area (Å²) in [5.74, 6) is -0.150. The second-order valence-electron chi connectivity index (χ2n) is 7.23. The molecule has 0 bridgehead atoms. The minimum atomic E-state index is -3.83. The number of sulfonamides is 1. The van der Waals surface area contributed by atoms with Crippen LogP contribution in [0.15, 0.2) is 84.3 Å². The number of carbonyl (C=O) groups excluding carboxylic acids is 2. The molecule has 9 heteroatoms. The van der Waals surface area contributed by atoms with Crippen molar-refractivity contribution in [3.8, 4) is 11.5 Å². The Balaban J connectivity index is 1.39. The number of aryl methyl sites for hydroxylation is 1. The van der Waals surface area contributed by atoms with Crippen LogP contribution in [0.1, 0.15) is 11.1 Å². The van der Waals surface area contributed by atoms with Crippen LogP contribution in [-0.4, -0.2) is 33.4 Å². The molecule has 3 aromatic carbocycles. The van der Waals surface area contributed by atoms with Gasteiger partial charge < -0.3 is 14.8 Å². The van der Waals surface area contributed by atoms with Gasteiger partial charge in [-0.05, 0) is 55.0 Å². The zero-order valence-electron chi connectivity index (χ0n) is 18.4. The second kappa shape index (κ2) is 11.8. The normalized spacial score (nSPS) is 11.2. The van der Waals surface area contributed by atoms with Gasteiger partial charge in [0, 0.05) is 11.1 Å². The van der Waals surface area contributed by atoms with Crippen molar-refractivity contribution in [2.45, 2.75) is 6.92 Å². The Labute approximate surface area is 198 Å². The molecule has 0 aromatic heterocycles. The van der Waals surface area contributed by atoms with E-state index in [1.807, 2.05) is 37.3 Å². The Bertz CT molecular complexity index is 1240. The largest absolute Gasteiger partial charge is 0.457 e. The van der Waals surface area contributed by atoms with E-state index in [0.29, 0.717) is 22.7 Å². The highest BCUT2D eigenvalue weighted by Crippen LogP contribution is 2.23. The average molecular weight is 481 g/mol. The maximum atomic E-state index is 12.0. The number of carbonyl (C=O) groups is 2. The van der Waals surface area contributed by atoms with E-state index in [4.69, 9.17) is 9.47 Å². The van der Waals surface area contributed by atoms with Crippen molar-refractivity contribution in [1.29, 1.82) is 0 Å². The molecule has 0 heterocycles. The number of ether oxygens (including phenoxy) is 2. The van der Waals surface area contributed by atoms with Crippen LogP contribution < -0.4 is 14.8 Å². The summed E-state index contributed by atoms with van der Waals surface area (Å²) in [6.07, 6.45) is 1.40. The van der Waals surface area contributed by atoms with Gasteiger partial charge in [0.25, 0.3) is 5.91 Å². The van der Waals surface area contributed by atoms with Crippen molar-refractivity contribution in [3.05, 3.63) is 95.4 Å². The third-order valence-corrected chi connectivity index (χ3v) is 5.46. The lowest BCUT2D eigenvalue weighted by Crippen LogP contribution is -2.31. The summed E-state index contributed by atoms with van der Waals surface area (Å²) in [6, 6.07) is 23.1. The lowest BCUT2D eigenvalue weighted by molar-refractivity contribution is -0.146. The van der Waals surface area contributed by atoms with E-state index in [9.17, 15) is 18.0 Å². The minimum Gasteiger partial charge on any atom is -0.457 e. The van der Waals surface area contributed by atoms with Gasteiger partial charge in [-0.15, -0.1) is 0 Å². The van der Waals surface area contributed by atoms with Gasteiger partial charge in [0.2, 0.25) is 10.0 Å². The molecule has 0 unspecified atom stereocenters. The summed E-state index contributed by atoms with van der Waals surface area (Å²) in [5, 5.41) is 3.54. The van der Waals surface area contributed by atoms with E-state index in [-0.39, 0.29) is 0 Å². The molecule has 0 radical (unpaired) electrons. The maximum absolute atomic E-state index is 12.0. The van der Waals surface area contributed by atoms with Crippen LogP contribution in [0, 0.1) is 6.92 Å². The molecule has 0 saturated carbocycles. The van der Waals surface area contributed by atoms with Crippen molar-refractivity contribution in [1.82, 2.24) is 4.72 Å². The first-order valence-electron chi connectivity index (χ1n) is 10.3. The minimum absolute atomic E-state index is 0.490. The zero-order chi connectivity index (χ0) is 24.4. The van der Waals surface area contributed by atoms with E-state index in [2.05, 4.69) is 10.0 Å². The fourth-order valence-electron chi connectivity index (χ4n) is 2.68. The Kier molecular flexibility index (Phi) is 8.55. The lowest BCUT2D eigenvalue weighted by Gasteiger charge is -2.09. The van der Waals surface area contributed by atoms with Crippen LogP contribution in [0.2, 0.25) is 0 Å². The van der Waals surface area contributed by atoms with Gasteiger partial charge in [-0.2, -0.15) is 0 Å². The van der Waals surface area contributed by atoms with E-state index in [0.717, 1.165) is 11.0 Å². The highest BCUT2D eigenvalue weighted by Gasteiger charge is 2.12. The standard InChI is InChI=1S/C25H24N2O6S/c1-19-7-11-22(12-8-19)33-23-13-9-21(10-14-23)27-24(28)18-32-25(29)17-26-34(30,31)16-15-20-5-3-2-4-6-20/h2-16,26H,17-18H2,1H3,(H,27,28)/b16-15+. The summed E-state index contributed by atoms with van der Waals surface area (Å²) in [7, 11) is -3.83. The van der Waals surface area contributed by atoms with Crippen LogP contribution in [0.4, 0.5) is 5.69 Å². The molecule has 0 aliphatic heterocycles. The fourth-order valence-corrected chi connectivity index (χ4v) is 3.43. The smallest absolute Gasteiger partial charge is 0.321 e. The first kappa shape index (κ1) is 24.7. The Hall–Kier alpha value is -3.95. The number of anilines is 1. The van der Waals surface area contributed by atoms with Crippen molar-refractivity contribution in [2.24, 2.45) is 0 Å². The van der Waals surface area contributed by atoms with Gasteiger partial charge in [-0.25, -0.2) is 13.1 Å². The first-order chi connectivity index (χ1) is 16.3. The van der Waals surface area contributed by atoms with E-state index in [1.54, 1.807) is 48.5 Å². The molecule has 0 saturated heterocycles. The van der Waals surface area contributed by atoms with Gasteiger partial charge in [-0.1, -0.05) is 48.0 Å². The van der Waals surface area contributed by atoms with Crippen molar-refractivity contribution >= 4 is 33.7 Å². The summed E-state index contributed by atoms with van der Waals surface area (Å²) in [4.78, 5) is 23.8. The predicted octanol–water partition coefficient (Wildman–Crippen LogP) is 3.86. The molecule has 2 N–H and O–H groups in total. The van der Waals surface area contributed by atoms with E-state index < -0.39 is 35.1 Å². The summed E-state index contributed by atoms with van der Waals surface area (Å²) in [6.45, 7) is 0.837. The molecule has 34 heavy (non-hydrogen) atoms. The molecule has 3 rings (SSSR count). The number of amides is 1. The topological polar surface area (TPSA) is 111 Å². The third kappa shape index (κ3) is 8.53. The lowest BCUT2D eigenvalue weighted by atomic mass is 10.2. The summed E-state index contributed by atoms with van der Waals surface area (Å²) < 4.78 is 36.5. The number of nitrogens with one attached hydrogen (secondary N) is 2. The molecule has 0 aliphatic rings. The van der Waals surface area contributed by atoms with Crippen LogP contribution in [0.5, 0.6) is 11.5 Å². The molecule has 0 spiro atoms. The Morgan fingerprint density at radius 3 is 2.15 bits per heavy atom. The molecule has 0 atom stereocenters. The van der Waals surface area contributed by atoms with Gasteiger partial charge in [0.1, 0.15) is 18.0 Å². The monoisotopic (exact) mass is 480 g/mol. The predicted molar refractivity (Wildman–Crippen MR) is 130 cm³/mol. The number of hydrogen-bond donors (Lipinski definition) is 2. The highest BCUT2D eigenvalue weighted by molar-refractivity contribution is 7.92. The van der Waals surface area contributed by atoms with Crippen molar-refractivity contribution in [2.75, 3.05) is 18.5 Å². The molecular formula is C25H24N2O6S. The third-order valence-electron chi connectivity index (χ3n) is 4.42. The Morgan fingerprint density at radius 2 is 1.50 bits per heavy atom. The summed E-state index contributed by atoms with van der Waals surface area (Å²) >= 11 is 0. The van der Waals surface area contributed by atoms with Crippen LogP contribution in [0.25, 0.3) is 6.08 Å². The molecule has 8 nitrogen and oxygen atoms in total. The number of hydrogen-bond acceptors (Lipinski definition) is 6. The van der Waals surface area contributed by atoms with E-state index >= 15 is 0 Å². The van der Waals surface area contributed by atoms with Crippen molar-refractivity contribution in [3.63, 3.8) is 0 Å². The Morgan fingerprint density at radius 1 is 0.882 bits per heavy atom. The van der Waals surface area contributed by atoms with Crippen LogP contribution >= 0.6 is 0 Å². The van der Waals surface area contributed by atoms with Crippen LogP contribution in [0.3, 0.4) is 0 Å². The van der Waals surface area contributed by atoms with Gasteiger partial charge in [0.05, 0.1) is 0 Å². The van der Waals surface area contributed by atoms with Crippen molar-refractivity contribution < 1.29 is 27.5 Å². The van der Waals surface area contributed by atoms with E-state index in [1.165, 1.54) is 6.08 Å². The van der Waals surface area contributed by atoms with Gasteiger partial charge in [-0.3, -0.25) is 9.59 Å². The number of esters is 1. The van der Waals surface area contributed by atoms with Gasteiger partial charge in [0.15, 0.2) is 6.61 Å². The zero-order valence-corrected chi connectivity index (χ0v) is 19.2. The second-order valence-corrected chi connectivity index (χ2v) is 8.88. The number of benzene rings is 3. The van der Waals surface area contributed by atoms with Gasteiger partial charge >= 0.3 is 5.97 Å². The SMILES string of the molecule is Cc1ccc(Oc2ccc(NC(=O)COC(=O)CNS(=O)(=O)/C=C/c3ccccc3)cc2)cc1. The average Bonchev–Trinajstić information content (AvgIpc) is 2.84. The molecule has 176 valence electrons. The molecular weight excluding hydrogens is 456 g/mol. The summed E-state index contributed by atoms with van der Waals surface area (Å²) in [5.41, 5.74) is 2.31. The highest BCUT2D eigenvalue weighted by atomic mass is 32.2. The molecule has 0 aliphatic carbocycles. The van der Waals surface area contributed by atoms with Crippen LogP contribution in [-0.2, 0) is 24.3 Å². The fraction of sp³-hybridized carbons (Fsp3) is 0.120. The quantitative estimate of drug-likeness (QED) is 0.427. The molecule has 0 fully saturated rings. The maximum Gasteiger partial charge on any atom is 0.321 e. The number of rotatable bonds is 10.